The molecule has 0 aromatic heterocycles. The highest BCUT2D eigenvalue weighted by Gasteiger charge is 2.07. The highest BCUT2D eigenvalue weighted by atomic mass is 32.1. The number of anilines is 2. The molecule has 0 saturated heterocycles. The van der Waals surface area contributed by atoms with Gasteiger partial charge in [-0.15, -0.1) is 6.42 Å². The third-order valence-electron chi connectivity index (χ3n) is 3.23. The summed E-state index contributed by atoms with van der Waals surface area (Å²) in [4.78, 5) is 2.03. The van der Waals surface area contributed by atoms with E-state index in [0.29, 0.717) is 18.3 Å². The summed E-state index contributed by atoms with van der Waals surface area (Å²) in [7, 11) is 1.51. The highest BCUT2D eigenvalue weighted by Crippen LogP contribution is 2.20. The Bertz CT molecular complexity index is 692. The number of nitrogens with zero attached hydrogens (tertiary/aromatic N) is 1. The van der Waals surface area contributed by atoms with Gasteiger partial charge < -0.3 is 15.0 Å². The molecule has 0 unspecified atom stereocenters. The molecule has 0 saturated carbocycles. The SMILES string of the molecule is C#CCN(Cc1ccc(F)cc1)c1ccc(NC(=S)OC)cc1. The third kappa shape index (κ3) is 4.97. The molecular weight excluding hydrogens is 311 g/mol. The number of benzene rings is 2. The quantitative estimate of drug-likeness (QED) is 0.666. The summed E-state index contributed by atoms with van der Waals surface area (Å²) in [6, 6.07) is 14.1. The predicted molar refractivity (Wildman–Crippen MR) is 96.0 cm³/mol. The number of hydrogen-bond acceptors (Lipinski definition) is 3. The van der Waals surface area contributed by atoms with Gasteiger partial charge in [0.15, 0.2) is 0 Å². The Labute approximate surface area is 141 Å². The van der Waals surface area contributed by atoms with Crippen LogP contribution < -0.4 is 10.2 Å². The van der Waals surface area contributed by atoms with Crippen molar-refractivity contribution in [1.82, 2.24) is 0 Å². The van der Waals surface area contributed by atoms with Crippen molar-refractivity contribution in [2.75, 3.05) is 23.9 Å². The Hall–Kier alpha value is -2.58. The number of thiocarbonyl (C=S) groups is 1. The molecule has 2 rings (SSSR count). The predicted octanol–water partition coefficient (Wildman–Crippen LogP) is 3.81. The molecule has 0 radical (unpaired) electrons. The summed E-state index contributed by atoms with van der Waals surface area (Å²) < 4.78 is 17.9. The molecule has 0 aliphatic carbocycles. The zero-order valence-electron chi connectivity index (χ0n) is 12.8. The molecule has 2 aromatic carbocycles. The van der Waals surface area contributed by atoms with Gasteiger partial charge in [-0.1, -0.05) is 18.1 Å². The molecular formula is C18H17FN2OS. The van der Waals surface area contributed by atoms with Gasteiger partial charge in [0.25, 0.3) is 5.17 Å². The van der Waals surface area contributed by atoms with Crippen molar-refractivity contribution in [3.05, 3.63) is 59.9 Å². The first-order valence-corrected chi connectivity index (χ1v) is 7.41. The molecule has 0 fully saturated rings. The lowest BCUT2D eigenvalue weighted by molar-refractivity contribution is 0.413. The fraction of sp³-hybridized carbons (Fsp3) is 0.167. The minimum Gasteiger partial charge on any atom is -0.474 e. The van der Waals surface area contributed by atoms with Gasteiger partial charge in [0, 0.05) is 17.9 Å². The number of ether oxygens (including phenoxy) is 1. The fourth-order valence-corrected chi connectivity index (χ4v) is 2.20. The van der Waals surface area contributed by atoms with Gasteiger partial charge in [-0.3, -0.25) is 0 Å². The zero-order valence-corrected chi connectivity index (χ0v) is 13.6. The van der Waals surface area contributed by atoms with Crippen LogP contribution >= 0.6 is 12.2 Å². The number of halogens is 1. The van der Waals surface area contributed by atoms with E-state index >= 15 is 0 Å². The van der Waals surface area contributed by atoms with Crippen LogP contribution in [0.15, 0.2) is 48.5 Å². The average Bonchev–Trinajstić information content (AvgIpc) is 2.57. The molecule has 5 heteroatoms. The van der Waals surface area contributed by atoms with E-state index in [-0.39, 0.29) is 5.82 Å². The molecule has 0 spiro atoms. The molecule has 23 heavy (non-hydrogen) atoms. The topological polar surface area (TPSA) is 24.5 Å². The lowest BCUT2D eigenvalue weighted by Gasteiger charge is -2.23. The van der Waals surface area contributed by atoms with E-state index in [2.05, 4.69) is 11.2 Å². The Balaban J connectivity index is 2.12. The number of hydrogen-bond donors (Lipinski definition) is 1. The minimum atomic E-state index is -0.248. The third-order valence-corrected chi connectivity index (χ3v) is 3.50. The monoisotopic (exact) mass is 328 g/mol. The molecule has 1 N–H and O–H groups in total. The van der Waals surface area contributed by atoms with Crippen LogP contribution in [-0.4, -0.2) is 18.8 Å². The van der Waals surface area contributed by atoms with Crippen LogP contribution in [0.25, 0.3) is 0 Å². The Morgan fingerprint density at radius 1 is 1.22 bits per heavy atom. The van der Waals surface area contributed by atoms with Crippen molar-refractivity contribution in [1.29, 1.82) is 0 Å². The van der Waals surface area contributed by atoms with Crippen molar-refractivity contribution in [3.8, 4) is 12.3 Å². The molecule has 118 valence electrons. The van der Waals surface area contributed by atoms with Crippen LogP contribution in [0, 0.1) is 18.2 Å². The summed E-state index contributed by atoms with van der Waals surface area (Å²) in [6.45, 7) is 1.06. The molecule has 0 aliphatic rings. The molecule has 0 atom stereocenters. The second kappa shape index (κ2) is 8.16. The minimum absolute atomic E-state index is 0.248. The van der Waals surface area contributed by atoms with E-state index < -0.39 is 0 Å². The van der Waals surface area contributed by atoms with Crippen molar-refractivity contribution in [3.63, 3.8) is 0 Å². The summed E-state index contributed by atoms with van der Waals surface area (Å²) in [6.07, 6.45) is 5.46. The van der Waals surface area contributed by atoms with Crippen molar-refractivity contribution < 1.29 is 9.13 Å². The van der Waals surface area contributed by atoms with E-state index in [1.165, 1.54) is 19.2 Å². The first kappa shape index (κ1) is 16.8. The summed E-state index contributed by atoms with van der Waals surface area (Å²) in [5, 5.41) is 3.26. The van der Waals surface area contributed by atoms with Crippen LogP contribution in [0.2, 0.25) is 0 Å². The van der Waals surface area contributed by atoms with Crippen molar-refractivity contribution in [2.24, 2.45) is 0 Å². The second-order valence-corrected chi connectivity index (χ2v) is 5.22. The smallest absolute Gasteiger partial charge is 0.260 e. The van der Waals surface area contributed by atoms with Crippen LogP contribution in [-0.2, 0) is 11.3 Å². The van der Waals surface area contributed by atoms with Crippen LogP contribution in [0.1, 0.15) is 5.56 Å². The number of methoxy groups -OCH3 is 1. The van der Waals surface area contributed by atoms with Gasteiger partial charge >= 0.3 is 0 Å². The van der Waals surface area contributed by atoms with Gasteiger partial charge in [-0.25, -0.2) is 4.39 Å². The van der Waals surface area contributed by atoms with E-state index in [0.717, 1.165) is 16.9 Å². The first-order valence-electron chi connectivity index (χ1n) is 7.00. The van der Waals surface area contributed by atoms with Gasteiger partial charge in [-0.05, 0) is 54.2 Å². The Morgan fingerprint density at radius 3 is 2.43 bits per heavy atom. The number of nitrogens with one attached hydrogen (secondary N) is 1. The summed E-state index contributed by atoms with van der Waals surface area (Å²) in [5.74, 6) is 2.40. The maximum absolute atomic E-state index is 13.0. The average molecular weight is 328 g/mol. The lowest BCUT2D eigenvalue weighted by Crippen LogP contribution is -2.22. The number of terminal acetylenes is 1. The molecule has 0 heterocycles. The van der Waals surface area contributed by atoms with Crippen LogP contribution in [0.4, 0.5) is 15.8 Å². The molecule has 0 amide bonds. The van der Waals surface area contributed by atoms with E-state index in [1.54, 1.807) is 12.1 Å². The van der Waals surface area contributed by atoms with Crippen LogP contribution in [0.3, 0.4) is 0 Å². The normalized spacial score (nSPS) is 9.78. The standard InChI is InChI=1S/C18H17FN2OS/c1-3-12-21(13-14-4-6-15(19)7-5-14)17-10-8-16(9-11-17)20-18(23)22-2/h1,4-11H,12-13H2,2H3,(H,20,23). The molecule has 0 aliphatic heterocycles. The van der Waals surface area contributed by atoms with Crippen LogP contribution in [0.5, 0.6) is 0 Å². The maximum atomic E-state index is 13.0. The van der Waals surface area contributed by atoms with Gasteiger partial charge in [0.05, 0.1) is 13.7 Å². The molecule has 3 nitrogen and oxygen atoms in total. The number of rotatable bonds is 5. The molecule has 2 aromatic rings. The highest BCUT2D eigenvalue weighted by molar-refractivity contribution is 7.80. The second-order valence-electron chi connectivity index (χ2n) is 4.85. The summed E-state index contributed by atoms with van der Waals surface area (Å²) >= 11 is 4.96. The summed E-state index contributed by atoms with van der Waals surface area (Å²) in [5.41, 5.74) is 2.80. The van der Waals surface area contributed by atoms with E-state index in [4.69, 9.17) is 23.4 Å². The van der Waals surface area contributed by atoms with Crippen molar-refractivity contribution >= 4 is 28.8 Å². The van der Waals surface area contributed by atoms with Gasteiger partial charge in [0.1, 0.15) is 5.82 Å². The van der Waals surface area contributed by atoms with E-state index in [1.807, 2.05) is 29.2 Å². The largest absolute Gasteiger partial charge is 0.474 e. The maximum Gasteiger partial charge on any atom is 0.260 e. The molecule has 0 bridgehead atoms. The Morgan fingerprint density at radius 2 is 1.87 bits per heavy atom. The van der Waals surface area contributed by atoms with Gasteiger partial charge in [-0.2, -0.15) is 0 Å². The van der Waals surface area contributed by atoms with Gasteiger partial charge in [0.2, 0.25) is 0 Å². The lowest BCUT2D eigenvalue weighted by atomic mass is 10.2. The Kier molecular flexibility index (Phi) is 5.95. The first-order chi connectivity index (χ1) is 11.1. The van der Waals surface area contributed by atoms with E-state index in [9.17, 15) is 4.39 Å². The van der Waals surface area contributed by atoms with Crippen molar-refractivity contribution in [2.45, 2.75) is 6.54 Å². The fourth-order valence-electron chi connectivity index (χ4n) is 2.08. The zero-order chi connectivity index (χ0) is 16.7.